The Balaban J connectivity index is 0.00000144. The second-order valence-corrected chi connectivity index (χ2v) is 4.37. The number of rotatable bonds is 4. The van der Waals surface area contributed by atoms with Crippen molar-refractivity contribution in [3.63, 3.8) is 0 Å². The lowest BCUT2D eigenvalue weighted by atomic mass is 10.1. The van der Waals surface area contributed by atoms with Crippen molar-refractivity contribution in [3.05, 3.63) is 35.9 Å². The summed E-state index contributed by atoms with van der Waals surface area (Å²) in [6.07, 6.45) is 3.66. The van der Waals surface area contributed by atoms with Gasteiger partial charge in [-0.3, -0.25) is 0 Å². The van der Waals surface area contributed by atoms with Crippen LogP contribution in [0, 0.1) is 0 Å². The van der Waals surface area contributed by atoms with Crippen molar-refractivity contribution in [1.29, 1.82) is 0 Å². The summed E-state index contributed by atoms with van der Waals surface area (Å²) in [6.45, 7) is 2.22. The molecule has 0 aliphatic carbocycles. The minimum atomic E-state index is 0. The first kappa shape index (κ1) is 12.7. The summed E-state index contributed by atoms with van der Waals surface area (Å²) < 4.78 is 0. The molecule has 1 unspecified atom stereocenters. The van der Waals surface area contributed by atoms with E-state index in [1.165, 1.54) is 18.4 Å². The van der Waals surface area contributed by atoms with Gasteiger partial charge in [-0.05, 0) is 18.4 Å². The molecule has 0 amide bonds. The van der Waals surface area contributed by atoms with Crippen molar-refractivity contribution in [1.82, 2.24) is 6.15 Å². The SMILES string of the molecule is CCCC(Br)Cc1ccccc1.N. The molecule has 13 heavy (non-hydrogen) atoms. The van der Waals surface area contributed by atoms with E-state index in [1.807, 2.05) is 0 Å². The minimum Gasteiger partial charge on any atom is -0.344 e. The summed E-state index contributed by atoms with van der Waals surface area (Å²) in [7, 11) is 0. The fraction of sp³-hybridized carbons (Fsp3) is 0.455. The molecule has 1 rings (SSSR count). The van der Waals surface area contributed by atoms with Gasteiger partial charge in [0.2, 0.25) is 0 Å². The summed E-state index contributed by atoms with van der Waals surface area (Å²) in [5, 5.41) is 0. The zero-order valence-electron chi connectivity index (χ0n) is 8.17. The lowest BCUT2D eigenvalue weighted by molar-refractivity contribution is 0.745. The van der Waals surface area contributed by atoms with Gasteiger partial charge in [-0.1, -0.05) is 59.6 Å². The van der Waals surface area contributed by atoms with Crippen LogP contribution in [0.1, 0.15) is 25.3 Å². The maximum absolute atomic E-state index is 3.67. The number of hydrogen-bond acceptors (Lipinski definition) is 1. The van der Waals surface area contributed by atoms with Gasteiger partial charge in [0.1, 0.15) is 0 Å². The van der Waals surface area contributed by atoms with Gasteiger partial charge in [0.25, 0.3) is 0 Å². The number of alkyl halides is 1. The fourth-order valence-corrected chi connectivity index (χ4v) is 2.12. The Labute approximate surface area is 89.3 Å². The van der Waals surface area contributed by atoms with Crippen LogP contribution in [0.15, 0.2) is 30.3 Å². The molecule has 0 aliphatic rings. The van der Waals surface area contributed by atoms with Crippen LogP contribution in [0.5, 0.6) is 0 Å². The number of hydrogen-bond donors (Lipinski definition) is 1. The summed E-state index contributed by atoms with van der Waals surface area (Å²) >= 11 is 3.67. The molecule has 1 atom stereocenters. The molecular weight excluding hydrogens is 226 g/mol. The Bertz CT molecular complexity index is 211. The highest BCUT2D eigenvalue weighted by Crippen LogP contribution is 2.14. The smallest absolute Gasteiger partial charge is 0.0186 e. The Morgan fingerprint density at radius 1 is 1.23 bits per heavy atom. The molecule has 0 heterocycles. The molecule has 0 aliphatic heterocycles. The largest absolute Gasteiger partial charge is 0.344 e. The average Bonchev–Trinajstić information content (AvgIpc) is 2.06. The molecule has 1 aromatic carbocycles. The predicted molar refractivity (Wildman–Crippen MR) is 62.8 cm³/mol. The standard InChI is InChI=1S/C11H15Br.H3N/c1-2-6-11(12)9-10-7-4-3-5-8-10;/h3-5,7-8,11H,2,6,9H2,1H3;1H3. The van der Waals surface area contributed by atoms with Crippen LogP contribution in [-0.2, 0) is 6.42 Å². The third-order valence-corrected chi connectivity index (χ3v) is 2.68. The molecule has 74 valence electrons. The van der Waals surface area contributed by atoms with Crippen LogP contribution in [-0.4, -0.2) is 4.83 Å². The molecular formula is C11H18BrN. The summed E-state index contributed by atoms with van der Waals surface area (Å²) in [5.74, 6) is 0. The Hall–Kier alpha value is -0.340. The van der Waals surface area contributed by atoms with Crippen LogP contribution in [0.3, 0.4) is 0 Å². The van der Waals surface area contributed by atoms with E-state index in [0.29, 0.717) is 4.83 Å². The Morgan fingerprint density at radius 3 is 2.38 bits per heavy atom. The first-order chi connectivity index (χ1) is 5.83. The van der Waals surface area contributed by atoms with Crippen LogP contribution >= 0.6 is 15.9 Å². The third kappa shape index (κ3) is 5.06. The second kappa shape index (κ2) is 7.10. The van der Waals surface area contributed by atoms with Crippen LogP contribution in [0.25, 0.3) is 0 Å². The number of halogens is 1. The van der Waals surface area contributed by atoms with Gasteiger partial charge in [-0.15, -0.1) is 0 Å². The first-order valence-electron chi connectivity index (χ1n) is 4.51. The van der Waals surface area contributed by atoms with E-state index >= 15 is 0 Å². The van der Waals surface area contributed by atoms with Crippen molar-refractivity contribution in [2.45, 2.75) is 31.0 Å². The van der Waals surface area contributed by atoms with Crippen molar-refractivity contribution in [2.75, 3.05) is 0 Å². The summed E-state index contributed by atoms with van der Waals surface area (Å²) in [4.78, 5) is 0.643. The van der Waals surface area contributed by atoms with Gasteiger partial charge in [0, 0.05) is 4.83 Å². The lowest BCUT2D eigenvalue weighted by Gasteiger charge is -2.07. The molecule has 0 bridgehead atoms. The van der Waals surface area contributed by atoms with E-state index in [4.69, 9.17) is 0 Å². The molecule has 3 N–H and O–H groups in total. The fourth-order valence-electron chi connectivity index (χ4n) is 1.29. The van der Waals surface area contributed by atoms with Crippen molar-refractivity contribution in [2.24, 2.45) is 0 Å². The van der Waals surface area contributed by atoms with E-state index in [-0.39, 0.29) is 6.15 Å². The van der Waals surface area contributed by atoms with Gasteiger partial charge in [-0.25, -0.2) is 0 Å². The van der Waals surface area contributed by atoms with Crippen molar-refractivity contribution in [3.8, 4) is 0 Å². The second-order valence-electron chi connectivity index (χ2n) is 3.08. The normalized spacial score (nSPS) is 11.8. The van der Waals surface area contributed by atoms with Crippen molar-refractivity contribution >= 4 is 15.9 Å². The molecule has 2 heteroatoms. The first-order valence-corrected chi connectivity index (χ1v) is 5.42. The van der Waals surface area contributed by atoms with Gasteiger partial charge in [-0.2, -0.15) is 0 Å². The molecule has 0 spiro atoms. The van der Waals surface area contributed by atoms with E-state index in [2.05, 4.69) is 53.2 Å². The predicted octanol–water partition coefficient (Wildman–Crippen LogP) is 3.95. The molecule has 1 nitrogen and oxygen atoms in total. The quantitative estimate of drug-likeness (QED) is 0.799. The van der Waals surface area contributed by atoms with E-state index < -0.39 is 0 Å². The zero-order valence-corrected chi connectivity index (χ0v) is 9.76. The highest BCUT2D eigenvalue weighted by atomic mass is 79.9. The Kier molecular flexibility index (Phi) is 6.92. The van der Waals surface area contributed by atoms with Crippen molar-refractivity contribution < 1.29 is 0 Å². The lowest BCUT2D eigenvalue weighted by Crippen LogP contribution is -2.01. The summed E-state index contributed by atoms with van der Waals surface area (Å²) in [5.41, 5.74) is 1.42. The Morgan fingerprint density at radius 2 is 1.85 bits per heavy atom. The highest BCUT2D eigenvalue weighted by Gasteiger charge is 2.02. The number of benzene rings is 1. The molecule has 0 radical (unpaired) electrons. The third-order valence-electron chi connectivity index (χ3n) is 1.90. The van der Waals surface area contributed by atoms with Crippen LogP contribution < -0.4 is 6.15 Å². The molecule has 0 aromatic heterocycles. The monoisotopic (exact) mass is 243 g/mol. The molecule has 0 saturated heterocycles. The molecule has 0 saturated carbocycles. The van der Waals surface area contributed by atoms with Crippen LogP contribution in [0.2, 0.25) is 0 Å². The summed E-state index contributed by atoms with van der Waals surface area (Å²) in [6, 6.07) is 10.6. The topological polar surface area (TPSA) is 35.0 Å². The molecule has 0 fully saturated rings. The zero-order chi connectivity index (χ0) is 8.81. The van der Waals surface area contributed by atoms with E-state index in [1.54, 1.807) is 0 Å². The average molecular weight is 244 g/mol. The van der Waals surface area contributed by atoms with Gasteiger partial charge in [0.15, 0.2) is 0 Å². The van der Waals surface area contributed by atoms with Gasteiger partial charge in [0.05, 0.1) is 0 Å². The van der Waals surface area contributed by atoms with Gasteiger partial charge < -0.3 is 6.15 Å². The highest BCUT2D eigenvalue weighted by molar-refractivity contribution is 9.09. The van der Waals surface area contributed by atoms with Crippen LogP contribution in [0.4, 0.5) is 0 Å². The van der Waals surface area contributed by atoms with E-state index in [9.17, 15) is 0 Å². The van der Waals surface area contributed by atoms with E-state index in [0.717, 1.165) is 6.42 Å². The minimum absolute atomic E-state index is 0. The maximum atomic E-state index is 3.67. The van der Waals surface area contributed by atoms with Gasteiger partial charge >= 0.3 is 0 Å². The molecule has 1 aromatic rings. The maximum Gasteiger partial charge on any atom is 0.0186 e.